The van der Waals surface area contributed by atoms with Crippen molar-refractivity contribution in [2.45, 2.75) is 96.7 Å². The van der Waals surface area contributed by atoms with E-state index >= 15 is 0 Å². The lowest BCUT2D eigenvalue weighted by atomic mass is 9.91. The van der Waals surface area contributed by atoms with Gasteiger partial charge in [-0.05, 0) is 33.7 Å². The molecule has 290 valence electrons. The van der Waals surface area contributed by atoms with E-state index in [1.54, 1.807) is 11.6 Å². The van der Waals surface area contributed by atoms with Gasteiger partial charge in [-0.2, -0.15) is 0 Å². The smallest absolute Gasteiger partial charge is 0.408 e. The van der Waals surface area contributed by atoms with Crippen LogP contribution >= 0.6 is 11.3 Å². The van der Waals surface area contributed by atoms with E-state index in [1.807, 2.05) is 100 Å². The summed E-state index contributed by atoms with van der Waals surface area (Å²) in [5, 5.41) is 36.6. The molecular formula is C41H53N5O7S. The Bertz CT molecular complexity index is 1790. The number of amides is 4. The van der Waals surface area contributed by atoms with Gasteiger partial charge in [0.2, 0.25) is 17.7 Å². The number of fused-ring (bicyclic) bond motifs is 1. The van der Waals surface area contributed by atoms with Crippen molar-refractivity contribution in [2.75, 3.05) is 6.61 Å². The third-order valence-corrected chi connectivity index (χ3v) is 10.7. The van der Waals surface area contributed by atoms with E-state index in [0.717, 1.165) is 28.3 Å². The van der Waals surface area contributed by atoms with Crippen LogP contribution in [-0.4, -0.2) is 75.9 Å². The summed E-state index contributed by atoms with van der Waals surface area (Å²) in [5.74, 6) is -1.85. The predicted molar refractivity (Wildman–Crippen MR) is 209 cm³/mol. The van der Waals surface area contributed by atoms with Crippen LogP contribution < -0.4 is 21.3 Å². The van der Waals surface area contributed by atoms with Crippen molar-refractivity contribution in [1.82, 2.24) is 26.3 Å². The number of aliphatic hydroxyl groups excluding tert-OH is 2. The van der Waals surface area contributed by atoms with Gasteiger partial charge in [0.15, 0.2) is 0 Å². The average Bonchev–Trinajstić information content (AvgIpc) is 3.70. The maximum atomic E-state index is 14.2. The molecule has 1 heterocycles. The molecule has 7 atom stereocenters. The molecular weight excluding hydrogens is 707 g/mol. The quantitative estimate of drug-likeness (QED) is 0.0753. The zero-order chi connectivity index (χ0) is 39.0. The first-order valence-corrected chi connectivity index (χ1v) is 19.4. The summed E-state index contributed by atoms with van der Waals surface area (Å²) >= 11 is 1.32. The van der Waals surface area contributed by atoms with Gasteiger partial charge in [-0.3, -0.25) is 14.4 Å². The van der Waals surface area contributed by atoms with Crippen molar-refractivity contribution >= 4 is 45.9 Å². The van der Waals surface area contributed by atoms with Crippen LogP contribution in [-0.2, 0) is 38.6 Å². The number of nitrogens with one attached hydrogen (secondary N) is 4. The minimum Gasteiger partial charge on any atom is -0.445 e. The molecule has 6 N–H and O–H groups in total. The second-order valence-corrected chi connectivity index (χ2v) is 14.7. The maximum absolute atomic E-state index is 14.2. The minimum absolute atomic E-state index is 0.00000516. The largest absolute Gasteiger partial charge is 0.445 e. The third-order valence-electron chi connectivity index (χ3n) is 9.87. The molecule has 54 heavy (non-hydrogen) atoms. The standard InChI is InChI=1S/C41H53N5O7S/c1-5-26(3)34(24-47)43-36(49)23-35(48)38(27(4)6-2)46-40(51)33(22-37-42-19-20-54-37)44-39(50)32(45-41(52)53-25-28-13-8-7-9-14-28)21-30-17-12-16-29-15-10-11-18-31(29)30/h7-20,26-27,32-35,38,47-48H,5-6,21-25H2,1-4H3,(H,43,49)(H,44,50)(H,45,52)(H,46,51)/t26-,27?,32-,33?,34+,35-,38-/m0/s1. The fraction of sp³-hybridized carbons (Fsp3) is 0.439. The van der Waals surface area contributed by atoms with E-state index < -0.39 is 54.1 Å². The molecule has 4 aromatic rings. The number of hydrogen-bond acceptors (Lipinski definition) is 9. The molecule has 0 spiro atoms. The first kappa shape index (κ1) is 41.9. The van der Waals surface area contributed by atoms with Crippen molar-refractivity contribution in [3.8, 4) is 0 Å². The van der Waals surface area contributed by atoms with E-state index in [4.69, 9.17) is 4.74 Å². The zero-order valence-corrected chi connectivity index (χ0v) is 32.2. The number of nitrogens with zero attached hydrogens (tertiary/aromatic N) is 1. The number of aliphatic hydroxyl groups is 2. The van der Waals surface area contributed by atoms with Gasteiger partial charge in [0.25, 0.3) is 0 Å². The number of rotatable bonds is 20. The van der Waals surface area contributed by atoms with Crippen LogP contribution in [0.2, 0.25) is 0 Å². The summed E-state index contributed by atoms with van der Waals surface area (Å²) in [4.78, 5) is 58.7. The lowest BCUT2D eigenvalue weighted by Gasteiger charge is -2.31. The number of aromatic nitrogens is 1. The van der Waals surface area contributed by atoms with E-state index in [0.29, 0.717) is 11.4 Å². The van der Waals surface area contributed by atoms with Gasteiger partial charge < -0.3 is 36.2 Å². The summed E-state index contributed by atoms with van der Waals surface area (Å²) in [6.45, 7) is 7.43. The Morgan fingerprint density at radius 3 is 2.15 bits per heavy atom. The van der Waals surface area contributed by atoms with Gasteiger partial charge in [0.1, 0.15) is 18.7 Å². The van der Waals surface area contributed by atoms with E-state index in [2.05, 4.69) is 26.3 Å². The number of carbonyl (C=O) groups excluding carboxylic acids is 4. The van der Waals surface area contributed by atoms with Crippen LogP contribution in [0.1, 0.15) is 63.1 Å². The predicted octanol–water partition coefficient (Wildman–Crippen LogP) is 4.67. The van der Waals surface area contributed by atoms with Crippen LogP contribution in [0.3, 0.4) is 0 Å². The summed E-state index contributed by atoms with van der Waals surface area (Å²) in [7, 11) is 0. The zero-order valence-electron chi connectivity index (χ0n) is 31.4. The highest BCUT2D eigenvalue weighted by atomic mass is 32.1. The molecule has 0 aliphatic rings. The average molecular weight is 760 g/mol. The lowest BCUT2D eigenvalue weighted by Crippen LogP contribution is -2.58. The number of alkyl carbamates (subject to hydrolysis) is 1. The highest BCUT2D eigenvalue weighted by Gasteiger charge is 2.34. The first-order valence-electron chi connectivity index (χ1n) is 18.5. The molecule has 12 nitrogen and oxygen atoms in total. The summed E-state index contributed by atoms with van der Waals surface area (Å²) < 4.78 is 5.48. The molecule has 1 aromatic heterocycles. The van der Waals surface area contributed by atoms with Crippen LogP contribution in [0.4, 0.5) is 4.79 Å². The minimum atomic E-state index is -1.25. The Balaban J connectivity index is 1.56. The van der Waals surface area contributed by atoms with Gasteiger partial charge in [0, 0.05) is 24.4 Å². The monoisotopic (exact) mass is 759 g/mol. The second-order valence-electron chi connectivity index (χ2n) is 13.7. The molecule has 0 fully saturated rings. The molecule has 4 amide bonds. The summed E-state index contributed by atoms with van der Waals surface area (Å²) in [6.07, 6.45) is 0.744. The molecule has 13 heteroatoms. The van der Waals surface area contributed by atoms with E-state index in [-0.39, 0.29) is 44.3 Å². The van der Waals surface area contributed by atoms with Crippen molar-refractivity contribution < 1.29 is 34.1 Å². The van der Waals surface area contributed by atoms with Crippen LogP contribution in [0.5, 0.6) is 0 Å². The molecule has 3 aromatic carbocycles. The maximum Gasteiger partial charge on any atom is 0.408 e. The number of thiazole rings is 1. The van der Waals surface area contributed by atoms with Crippen LogP contribution in [0.25, 0.3) is 10.8 Å². The van der Waals surface area contributed by atoms with Gasteiger partial charge in [-0.15, -0.1) is 11.3 Å². The van der Waals surface area contributed by atoms with E-state index in [1.165, 1.54) is 11.3 Å². The Hall–Kier alpha value is -4.85. The number of carbonyl (C=O) groups is 4. The SMILES string of the molecule is CCC(C)[C@H](NC(=O)C(Cc1nccs1)NC(=O)[C@H](Cc1cccc2ccccc12)NC(=O)OCc1ccccc1)[C@@H](O)CC(=O)N[C@H](CO)[C@@H](C)CC. The van der Waals surface area contributed by atoms with Gasteiger partial charge in [0.05, 0.1) is 36.2 Å². The van der Waals surface area contributed by atoms with Crippen molar-refractivity contribution in [2.24, 2.45) is 11.8 Å². The Labute approximate surface area is 321 Å². The van der Waals surface area contributed by atoms with Gasteiger partial charge in [-0.25, -0.2) is 9.78 Å². The molecule has 0 aliphatic carbocycles. The van der Waals surface area contributed by atoms with Crippen molar-refractivity contribution in [3.05, 3.63) is 101 Å². The van der Waals surface area contributed by atoms with Crippen LogP contribution in [0.15, 0.2) is 84.4 Å². The molecule has 0 aliphatic heterocycles. The topological polar surface area (TPSA) is 179 Å². The molecule has 4 rings (SSSR count). The van der Waals surface area contributed by atoms with Gasteiger partial charge >= 0.3 is 6.09 Å². The molecule has 0 bridgehead atoms. The van der Waals surface area contributed by atoms with Gasteiger partial charge in [-0.1, -0.05) is 113 Å². The molecule has 2 unspecified atom stereocenters. The fourth-order valence-electron chi connectivity index (χ4n) is 6.19. The molecule has 0 saturated heterocycles. The summed E-state index contributed by atoms with van der Waals surface area (Å²) in [5.41, 5.74) is 1.59. The second kappa shape index (κ2) is 21.1. The molecule has 0 radical (unpaired) electrons. The highest BCUT2D eigenvalue weighted by Crippen LogP contribution is 2.21. The number of hydrogen-bond donors (Lipinski definition) is 6. The Morgan fingerprint density at radius 2 is 1.46 bits per heavy atom. The van der Waals surface area contributed by atoms with E-state index in [9.17, 15) is 29.4 Å². The Kier molecular flexibility index (Phi) is 16.4. The first-order chi connectivity index (χ1) is 26.0. The summed E-state index contributed by atoms with van der Waals surface area (Å²) in [6, 6.07) is 19.1. The van der Waals surface area contributed by atoms with Crippen LogP contribution in [0, 0.1) is 11.8 Å². The number of ether oxygens (including phenoxy) is 1. The molecule has 0 saturated carbocycles. The Morgan fingerprint density at radius 1 is 0.796 bits per heavy atom. The third kappa shape index (κ3) is 12.4. The fourth-order valence-corrected chi connectivity index (χ4v) is 6.85. The van der Waals surface area contributed by atoms with Crippen molar-refractivity contribution in [1.29, 1.82) is 0 Å². The number of benzene rings is 3. The normalized spacial score (nSPS) is 15.1. The lowest BCUT2D eigenvalue weighted by molar-refractivity contribution is -0.131. The van der Waals surface area contributed by atoms with Crippen molar-refractivity contribution in [3.63, 3.8) is 0 Å². The highest BCUT2D eigenvalue weighted by molar-refractivity contribution is 7.09.